The molecule has 1 atom stereocenters. The number of nitrogens with one attached hydrogen (secondary N) is 1. The van der Waals surface area contributed by atoms with Crippen LogP contribution in [0.5, 0.6) is 0 Å². The number of halogens is 2. The van der Waals surface area contributed by atoms with Gasteiger partial charge in [0.25, 0.3) is 0 Å². The van der Waals surface area contributed by atoms with Crippen LogP contribution in [-0.2, 0) is 4.74 Å². The Hall–Kier alpha value is -0.640. The zero-order chi connectivity index (χ0) is 12.3. The molecule has 0 saturated carbocycles. The van der Waals surface area contributed by atoms with Gasteiger partial charge in [-0.05, 0) is 31.4 Å². The third-order valence-corrected chi connectivity index (χ3v) is 3.62. The second kappa shape index (κ2) is 5.80. The molecule has 1 aromatic rings. The summed E-state index contributed by atoms with van der Waals surface area (Å²) in [6.45, 7) is 1.71. The maximum Gasteiger partial charge on any atom is 0.0614 e. The van der Waals surface area contributed by atoms with Crippen molar-refractivity contribution < 1.29 is 4.74 Å². The highest BCUT2D eigenvalue weighted by atomic mass is 35.5. The number of nitrogens with two attached hydrogens (primary N) is 1. The van der Waals surface area contributed by atoms with Crippen LogP contribution in [0.4, 0.5) is 11.4 Å². The van der Waals surface area contributed by atoms with Gasteiger partial charge in [-0.25, -0.2) is 0 Å². The van der Waals surface area contributed by atoms with Crippen molar-refractivity contribution in [1.29, 1.82) is 0 Å². The monoisotopic (exact) mass is 274 g/mol. The van der Waals surface area contributed by atoms with E-state index in [1.165, 1.54) is 6.42 Å². The normalized spacial score (nSPS) is 19.5. The number of benzene rings is 1. The van der Waals surface area contributed by atoms with E-state index in [4.69, 9.17) is 33.7 Å². The van der Waals surface area contributed by atoms with E-state index in [1.807, 2.05) is 0 Å². The Bertz CT molecular complexity index is 392. The minimum absolute atomic E-state index is 0.381. The molecule has 5 heteroatoms. The first kappa shape index (κ1) is 12.8. The zero-order valence-electron chi connectivity index (χ0n) is 9.51. The SMILES string of the molecule is Nc1cc(Cl)c(Cl)cc1NCCC1CCCO1. The Balaban J connectivity index is 1.87. The van der Waals surface area contributed by atoms with E-state index in [1.54, 1.807) is 12.1 Å². The molecule has 0 amide bonds. The van der Waals surface area contributed by atoms with Crippen LogP contribution in [0.2, 0.25) is 10.0 Å². The molecule has 0 radical (unpaired) electrons. The fourth-order valence-corrected chi connectivity index (χ4v) is 2.29. The van der Waals surface area contributed by atoms with E-state index in [9.17, 15) is 0 Å². The number of hydrogen-bond donors (Lipinski definition) is 2. The van der Waals surface area contributed by atoms with Crippen LogP contribution < -0.4 is 11.1 Å². The molecule has 1 aliphatic heterocycles. The smallest absolute Gasteiger partial charge is 0.0614 e. The molecule has 3 nitrogen and oxygen atoms in total. The van der Waals surface area contributed by atoms with Crippen LogP contribution in [0.3, 0.4) is 0 Å². The predicted octanol–water partition coefficient (Wildman–Crippen LogP) is 3.56. The van der Waals surface area contributed by atoms with Gasteiger partial charge in [0, 0.05) is 13.2 Å². The van der Waals surface area contributed by atoms with E-state index in [0.717, 1.165) is 31.7 Å². The maximum absolute atomic E-state index is 5.94. The number of rotatable bonds is 4. The van der Waals surface area contributed by atoms with Crippen LogP contribution in [0.15, 0.2) is 12.1 Å². The van der Waals surface area contributed by atoms with Gasteiger partial charge in [-0.15, -0.1) is 0 Å². The quantitative estimate of drug-likeness (QED) is 0.826. The summed E-state index contributed by atoms with van der Waals surface area (Å²) < 4.78 is 5.55. The minimum Gasteiger partial charge on any atom is -0.397 e. The molecule has 0 aromatic heterocycles. The maximum atomic E-state index is 5.94. The largest absolute Gasteiger partial charge is 0.397 e. The minimum atomic E-state index is 0.381. The highest BCUT2D eigenvalue weighted by Crippen LogP contribution is 2.30. The Morgan fingerprint density at radius 1 is 1.35 bits per heavy atom. The van der Waals surface area contributed by atoms with Crippen LogP contribution in [-0.4, -0.2) is 19.3 Å². The van der Waals surface area contributed by atoms with Gasteiger partial charge in [-0.3, -0.25) is 0 Å². The van der Waals surface area contributed by atoms with E-state index >= 15 is 0 Å². The van der Waals surface area contributed by atoms with Gasteiger partial charge >= 0.3 is 0 Å². The van der Waals surface area contributed by atoms with Gasteiger partial charge < -0.3 is 15.8 Å². The lowest BCUT2D eigenvalue weighted by Gasteiger charge is -2.13. The Morgan fingerprint density at radius 2 is 2.12 bits per heavy atom. The topological polar surface area (TPSA) is 47.3 Å². The number of anilines is 2. The molecule has 3 N–H and O–H groups in total. The van der Waals surface area contributed by atoms with Gasteiger partial charge in [0.1, 0.15) is 0 Å². The van der Waals surface area contributed by atoms with E-state index in [0.29, 0.717) is 21.8 Å². The van der Waals surface area contributed by atoms with Crippen LogP contribution >= 0.6 is 23.2 Å². The molecular formula is C12H16Cl2N2O. The van der Waals surface area contributed by atoms with Crippen LogP contribution in [0.25, 0.3) is 0 Å². The second-order valence-corrected chi connectivity index (χ2v) is 5.02. The average Bonchev–Trinajstić information content (AvgIpc) is 2.78. The van der Waals surface area contributed by atoms with Crippen molar-refractivity contribution in [2.45, 2.75) is 25.4 Å². The number of ether oxygens (including phenoxy) is 1. The fourth-order valence-electron chi connectivity index (χ4n) is 1.96. The van der Waals surface area contributed by atoms with Crippen molar-refractivity contribution >= 4 is 34.6 Å². The molecule has 0 aliphatic carbocycles. The summed E-state index contributed by atoms with van der Waals surface area (Å²) >= 11 is 11.8. The van der Waals surface area contributed by atoms with Crippen LogP contribution in [0, 0.1) is 0 Å². The fraction of sp³-hybridized carbons (Fsp3) is 0.500. The van der Waals surface area contributed by atoms with Crippen molar-refractivity contribution in [3.63, 3.8) is 0 Å². The molecule has 1 saturated heterocycles. The van der Waals surface area contributed by atoms with Gasteiger partial charge in [-0.1, -0.05) is 23.2 Å². The number of nitrogen functional groups attached to an aromatic ring is 1. The molecule has 17 heavy (non-hydrogen) atoms. The third kappa shape index (κ3) is 3.41. The standard InChI is InChI=1S/C12H16Cl2N2O/c13-9-6-11(15)12(7-10(9)14)16-4-3-8-2-1-5-17-8/h6-8,16H,1-5,15H2. The second-order valence-electron chi connectivity index (χ2n) is 4.20. The van der Waals surface area contributed by atoms with E-state index < -0.39 is 0 Å². The van der Waals surface area contributed by atoms with Gasteiger partial charge in [-0.2, -0.15) is 0 Å². The van der Waals surface area contributed by atoms with Crippen molar-refractivity contribution in [3.8, 4) is 0 Å². The van der Waals surface area contributed by atoms with Crippen molar-refractivity contribution in [2.24, 2.45) is 0 Å². The predicted molar refractivity (Wildman–Crippen MR) is 73.0 cm³/mol. The Labute approximate surface area is 111 Å². The Morgan fingerprint density at radius 3 is 2.82 bits per heavy atom. The summed E-state index contributed by atoms with van der Waals surface area (Å²) in [6, 6.07) is 3.42. The van der Waals surface area contributed by atoms with Crippen molar-refractivity contribution in [3.05, 3.63) is 22.2 Å². The van der Waals surface area contributed by atoms with E-state index in [-0.39, 0.29) is 0 Å². The first-order valence-electron chi connectivity index (χ1n) is 5.77. The van der Waals surface area contributed by atoms with E-state index in [2.05, 4.69) is 5.32 Å². The molecule has 94 valence electrons. The van der Waals surface area contributed by atoms with Crippen LogP contribution in [0.1, 0.15) is 19.3 Å². The summed E-state index contributed by atoms with van der Waals surface area (Å²) in [5.74, 6) is 0. The van der Waals surface area contributed by atoms with Gasteiger partial charge in [0.2, 0.25) is 0 Å². The summed E-state index contributed by atoms with van der Waals surface area (Å²) in [4.78, 5) is 0. The molecule has 1 unspecified atom stereocenters. The zero-order valence-corrected chi connectivity index (χ0v) is 11.0. The van der Waals surface area contributed by atoms with Crippen molar-refractivity contribution in [2.75, 3.05) is 24.2 Å². The van der Waals surface area contributed by atoms with Crippen molar-refractivity contribution in [1.82, 2.24) is 0 Å². The third-order valence-electron chi connectivity index (χ3n) is 2.90. The first-order valence-corrected chi connectivity index (χ1v) is 6.52. The highest BCUT2D eigenvalue weighted by molar-refractivity contribution is 6.42. The molecule has 0 bridgehead atoms. The lowest BCUT2D eigenvalue weighted by Crippen LogP contribution is -2.13. The molecule has 1 aliphatic rings. The first-order chi connectivity index (χ1) is 8.16. The molecule has 1 aromatic carbocycles. The lowest BCUT2D eigenvalue weighted by atomic mass is 10.2. The molecule has 0 spiro atoms. The summed E-state index contributed by atoms with van der Waals surface area (Å²) in [6.07, 6.45) is 3.68. The summed E-state index contributed by atoms with van der Waals surface area (Å²) in [5.41, 5.74) is 7.30. The van der Waals surface area contributed by atoms with Gasteiger partial charge in [0.15, 0.2) is 0 Å². The summed E-state index contributed by atoms with van der Waals surface area (Å²) in [5, 5.41) is 4.25. The Kier molecular flexibility index (Phi) is 4.37. The summed E-state index contributed by atoms with van der Waals surface area (Å²) in [7, 11) is 0. The highest BCUT2D eigenvalue weighted by Gasteiger charge is 2.14. The molecule has 1 heterocycles. The molecule has 1 fully saturated rings. The molecule has 2 rings (SSSR count). The number of hydrogen-bond acceptors (Lipinski definition) is 3. The van der Waals surface area contributed by atoms with Gasteiger partial charge in [0.05, 0.1) is 27.5 Å². The molecular weight excluding hydrogens is 259 g/mol. The average molecular weight is 275 g/mol. The lowest BCUT2D eigenvalue weighted by molar-refractivity contribution is 0.107.